The molecule has 0 atom stereocenters. The molecule has 0 aliphatic heterocycles. The number of aryl methyl sites for hydroxylation is 1. The lowest BCUT2D eigenvalue weighted by atomic mass is 10.5. The van der Waals surface area contributed by atoms with Crippen LogP contribution in [0.5, 0.6) is 0 Å². The SMILES string of the molecule is Cc1nsc(NC(=O)N(CC(=O)O)C2CC2)n1. The molecule has 1 saturated carbocycles. The van der Waals surface area contributed by atoms with Crippen molar-refractivity contribution >= 4 is 28.7 Å². The van der Waals surface area contributed by atoms with Gasteiger partial charge in [-0.2, -0.15) is 4.37 Å². The summed E-state index contributed by atoms with van der Waals surface area (Å²) in [5.74, 6) is -0.429. The summed E-state index contributed by atoms with van der Waals surface area (Å²) in [6, 6.07) is -0.383. The molecule has 1 aliphatic carbocycles. The Kier molecular flexibility index (Phi) is 3.23. The van der Waals surface area contributed by atoms with Crippen LogP contribution in [0.15, 0.2) is 0 Å². The largest absolute Gasteiger partial charge is 0.480 e. The van der Waals surface area contributed by atoms with E-state index >= 15 is 0 Å². The highest BCUT2D eigenvalue weighted by Crippen LogP contribution is 2.27. The summed E-state index contributed by atoms with van der Waals surface area (Å²) >= 11 is 1.08. The second kappa shape index (κ2) is 4.66. The van der Waals surface area contributed by atoms with Crippen molar-refractivity contribution in [3.8, 4) is 0 Å². The van der Waals surface area contributed by atoms with E-state index in [1.54, 1.807) is 6.92 Å². The first kappa shape index (κ1) is 11.8. The summed E-state index contributed by atoms with van der Waals surface area (Å²) in [7, 11) is 0. The minimum Gasteiger partial charge on any atom is -0.480 e. The zero-order valence-corrected chi connectivity index (χ0v) is 10.0. The highest BCUT2D eigenvalue weighted by atomic mass is 32.1. The third-order valence-corrected chi connectivity index (χ3v) is 3.02. The zero-order chi connectivity index (χ0) is 12.4. The summed E-state index contributed by atoms with van der Waals surface area (Å²) in [5.41, 5.74) is 0. The van der Waals surface area contributed by atoms with Gasteiger partial charge in [0.2, 0.25) is 5.13 Å². The molecule has 1 fully saturated rings. The van der Waals surface area contributed by atoms with Crippen molar-refractivity contribution in [1.82, 2.24) is 14.3 Å². The molecule has 1 aromatic heterocycles. The minimum atomic E-state index is -1.01. The number of hydrogen-bond donors (Lipinski definition) is 2. The zero-order valence-electron chi connectivity index (χ0n) is 9.21. The Balaban J connectivity index is 1.98. The molecule has 2 rings (SSSR count). The lowest BCUT2D eigenvalue weighted by Crippen LogP contribution is -2.40. The predicted molar refractivity (Wildman–Crippen MR) is 61.0 cm³/mol. The normalized spacial score (nSPS) is 14.4. The number of carbonyl (C=O) groups excluding carboxylic acids is 1. The second-order valence-electron chi connectivity index (χ2n) is 3.83. The van der Waals surface area contributed by atoms with Crippen LogP contribution >= 0.6 is 11.5 Å². The average Bonchev–Trinajstić information content (AvgIpc) is 3.00. The molecule has 2 amide bonds. The molecular weight excluding hydrogens is 244 g/mol. The van der Waals surface area contributed by atoms with Crippen LogP contribution in [0.4, 0.5) is 9.93 Å². The standard InChI is InChI=1S/C9H12N4O3S/c1-5-10-8(17-12-5)11-9(16)13(4-7(14)15)6-2-3-6/h6H,2-4H2,1H3,(H,14,15)(H,10,11,12,16). The number of hydrogen-bond acceptors (Lipinski definition) is 5. The fraction of sp³-hybridized carbons (Fsp3) is 0.556. The summed E-state index contributed by atoms with van der Waals surface area (Å²) in [5, 5.41) is 11.7. The highest BCUT2D eigenvalue weighted by Gasteiger charge is 2.34. The van der Waals surface area contributed by atoms with Crippen LogP contribution in [-0.4, -0.2) is 44.0 Å². The molecular formula is C9H12N4O3S. The van der Waals surface area contributed by atoms with Crippen molar-refractivity contribution in [2.24, 2.45) is 0 Å². The van der Waals surface area contributed by atoms with Gasteiger partial charge >= 0.3 is 12.0 Å². The summed E-state index contributed by atoms with van der Waals surface area (Å²) in [4.78, 5) is 27.8. The maximum absolute atomic E-state index is 11.8. The first-order valence-corrected chi connectivity index (χ1v) is 5.93. The average molecular weight is 256 g/mol. The van der Waals surface area contributed by atoms with Gasteiger partial charge in [0, 0.05) is 17.6 Å². The Morgan fingerprint density at radius 3 is 2.76 bits per heavy atom. The number of nitrogens with one attached hydrogen (secondary N) is 1. The third-order valence-electron chi connectivity index (χ3n) is 2.30. The number of anilines is 1. The van der Waals surface area contributed by atoms with E-state index in [0.717, 1.165) is 24.4 Å². The Morgan fingerprint density at radius 2 is 2.29 bits per heavy atom. The van der Waals surface area contributed by atoms with Gasteiger partial charge in [0.05, 0.1) is 0 Å². The van der Waals surface area contributed by atoms with E-state index in [1.807, 2.05) is 0 Å². The molecule has 0 spiro atoms. The Bertz CT molecular complexity index is 443. The molecule has 17 heavy (non-hydrogen) atoms. The number of aliphatic carboxylic acids is 1. The Morgan fingerprint density at radius 1 is 1.59 bits per heavy atom. The van der Waals surface area contributed by atoms with Crippen molar-refractivity contribution in [2.75, 3.05) is 11.9 Å². The smallest absolute Gasteiger partial charge is 0.324 e. The van der Waals surface area contributed by atoms with Crippen LogP contribution in [0.2, 0.25) is 0 Å². The van der Waals surface area contributed by atoms with E-state index in [1.165, 1.54) is 4.90 Å². The van der Waals surface area contributed by atoms with E-state index in [0.29, 0.717) is 11.0 Å². The molecule has 1 aliphatic rings. The summed E-state index contributed by atoms with van der Waals surface area (Å²) in [6.07, 6.45) is 1.71. The number of carboxylic acids is 1. The molecule has 7 nitrogen and oxygen atoms in total. The van der Waals surface area contributed by atoms with Gasteiger partial charge in [-0.15, -0.1) is 0 Å². The van der Waals surface area contributed by atoms with Gasteiger partial charge in [0.25, 0.3) is 0 Å². The van der Waals surface area contributed by atoms with Crippen LogP contribution in [0.1, 0.15) is 18.7 Å². The number of amides is 2. The third kappa shape index (κ3) is 3.13. The molecule has 1 heterocycles. The lowest BCUT2D eigenvalue weighted by Gasteiger charge is -2.19. The summed E-state index contributed by atoms with van der Waals surface area (Å²) in [6.45, 7) is 1.44. The molecule has 0 aromatic carbocycles. The number of carbonyl (C=O) groups is 2. The second-order valence-corrected chi connectivity index (χ2v) is 4.58. The first-order chi connectivity index (χ1) is 8.06. The quantitative estimate of drug-likeness (QED) is 0.835. The molecule has 0 radical (unpaired) electrons. The Hall–Kier alpha value is -1.70. The van der Waals surface area contributed by atoms with Gasteiger partial charge in [-0.3, -0.25) is 10.1 Å². The van der Waals surface area contributed by atoms with Crippen LogP contribution < -0.4 is 5.32 Å². The van der Waals surface area contributed by atoms with E-state index in [9.17, 15) is 9.59 Å². The molecule has 0 saturated heterocycles. The van der Waals surface area contributed by atoms with Gasteiger partial charge in [-0.25, -0.2) is 9.78 Å². The van der Waals surface area contributed by atoms with Crippen LogP contribution in [0.25, 0.3) is 0 Å². The highest BCUT2D eigenvalue weighted by molar-refractivity contribution is 7.09. The Labute approximate surface area is 102 Å². The molecule has 8 heteroatoms. The lowest BCUT2D eigenvalue weighted by molar-refractivity contribution is -0.137. The molecule has 92 valence electrons. The molecule has 0 unspecified atom stereocenters. The minimum absolute atomic E-state index is 0.0418. The van der Waals surface area contributed by atoms with Crippen molar-refractivity contribution in [2.45, 2.75) is 25.8 Å². The van der Waals surface area contributed by atoms with Crippen molar-refractivity contribution in [3.05, 3.63) is 5.82 Å². The van der Waals surface area contributed by atoms with Gasteiger partial charge in [0.1, 0.15) is 12.4 Å². The van der Waals surface area contributed by atoms with Crippen molar-refractivity contribution < 1.29 is 14.7 Å². The van der Waals surface area contributed by atoms with Crippen molar-refractivity contribution in [3.63, 3.8) is 0 Å². The van der Waals surface area contributed by atoms with Gasteiger partial charge in [-0.1, -0.05) is 0 Å². The maximum Gasteiger partial charge on any atom is 0.324 e. The number of rotatable bonds is 4. The maximum atomic E-state index is 11.8. The van der Waals surface area contributed by atoms with Gasteiger partial charge in [-0.05, 0) is 19.8 Å². The van der Waals surface area contributed by atoms with Gasteiger partial charge in [0.15, 0.2) is 0 Å². The fourth-order valence-electron chi connectivity index (χ4n) is 1.41. The van der Waals surface area contributed by atoms with E-state index < -0.39 is 12.0 Å². The molecule has 0 bridgehead atoms. The number of urea groups is 1. The van der Waals surface area contributed by atoms with E-state index in [2.05, 4.69) is 14.7 Å². The summed E-state index contributed by atoms with van der Waals surface area (Å²) < 4.78 is 3.93. The fourth-order valence-corrected chi connectivity index (χ4v) is 1.98. The van der Waals surface area contributed by atoms with Crippen LogP contribution in [0, 0.1) is 6.92 Å². The topological polar surface area (TPSA) is 95.4 Å². The van der Waals surface area contributed by atoms with Gasteiger partial charge < -0.3 is 10.0 Å². The number of nitrogens with zero attached hydrogens (tertiary/aromatic N) is 3. The first-order valence-electron chi connectivity index (χ1n) is 5.16. The molecule has 2 N–H and O–H groups in total. The monoisotopic (exact) mass is 256 g/mol. The van der Waals surface area contributed by atoms with Crippen LogP contribution in [-0.2, 0) is 4.79 Å². The van der Waals surface area contributed by atoms with E-state index in [4.69, 9.17) is 5.11 Å². The number of carboxylic acid groups (broad SMARTS) is 1. The number of aromatic nitrogens is 2. The van der Waals surface area contributed by atoms with E-state index in [-0.39, 0.29) is 12.6 Å². The van der Waals surface area contributed by atoms with Crippen LogP contribution in [0.3, 0.4) is 0 Å². The van der Waals surface area contributed by atoms with Crippen molar-refractivity contribution in [1.29, 1.82) is 0 Å². The predicted octanol–water partition coefficient (Wildman–Crippen LogP) is 0.927. The molecule has 1 aromatic rings.